The van der Waals surface area contributed by atoms with Gasteiger partial charge in [-0.15, -0.1) is 0 Å². The Morgan fingerprint density at radius 3 is 2.25 bits per heavy atom. The number of carbonyl (C=O) groups excluding carboxylic acids is 1. The third-order valence-corrected chi connectivity index (χ3v) is 1.84. The van der Waals surface area contributed by atoms with Gasteiger partial charge in [-0.1, -0.05) is 6.42 Å². The van der Waals surface area contributed by atoms with Crippen molar-refractivity contribution < 1.29 is 14.7 Å². The van der Waals surface area contributed by atoms with Gasteiger partial charge in [0, 0.05) is 18.5 Å². The molecular weight excluding hydrogens is 208 g/mol. The lowest BCUT2D eigenvalue weighted by molar-refractivity contribution is -0.137. The Labute approximate surface area is 96.6 Å². The molecule has 0 bridgehead atoms. The minimum atomic E-state index is -0.765. The molecule has 0 saturated carbocycles. The van der Waals surface area contributed by atoms with Gasteiger partial charge in [0.25, 0.3) is 0 Å². The Morgan fingerprint density at radius 1 is 1.12 bits per heavy atom. The van der Waals surface area contributed by atoms with E-state index in [-0.39, 0.29) is 18.0 Å². The van der Waals surface area contributed by atoms with Crippen LogP contribution in [0.4, 0.5) is 4.79 Å². The number of aliphatic carboxylic acids is 1. The van der Waals surface area contributed by atoms with Crippen LogP contribution >= 0.6 is 0 Å². The van der Waals surface area contributed by atoms with Crippen molar-refractivity contribution in [3.8, 4) is 0 Å². The third-order valence-electron chi connectivity index (χ3n) is 1.84. The number of rotatable bonds is 6. The normalized spacial score (nSPS) is 10.9. The van der Waals surface area contributed by atoms with E-state index in [2.05, 4.69) is 10.6 Å². The van der Waals surface area contributed by atoms with E-state index in [9.17, 15) is 9.59 Å². The maximum atomic E-state index is 11.3. The summed E-state index contributed by atoms with van der Waals surface area (Å²) in [6.07, 6.45) is 2.50. The van der Waals surface area contributed by atoms with Gasteiger partial charge in [0.15, 0.2) is 0 Å². The molecule has 5 nitrogen and oxygen atoms in total. The second kappa shape index (κ2) is 7.09. The van der Waals surface area contributed by atoms with Gasteiger partial charge in [-0.25, -0.2) is 4.79 Å². The summed E-state index contributed by atoms with van der Waals surface area (Å²) in [7, 11) is 0. The zero-order valence-electron chi connectivity index (χ0n) is 10.3. The Balaban J connectivity index is 3.38. The Hall–Kier alpha value is -1.26. The largest absolute Gasteiger partial charge is 0.481 e. The quantitative estimate of drug-likeness (QED) is 0.608. The number of urea groups is 1. The van der Waals surface area contributed by atoms with Gasteiger partial charge in [0.2, 0.25) is 0 Å². The molecule has 0 spiro atoms. The number of nitrogens with one attached hydrogen (secondary N) is 2. The standard InChI is InChI=1S/C11H22N2O3/c1-11(2,3)13-10(16)12-8-6-4-5-7-9(14)15/h4-8H2,1-3H3,(H,14,15)(H2,12,13,16). The smallest absolute Gasteiger partial charge is 0.315 e. The molecule has 0 radical (unpaired) electrons. The summed E-state index contributed by atoms with van der Waals surface area (Å²) < 4.78 is 0. The predicted molar refractivity (Wildman–Crippen MR) is 62.4 cm³/mol. The average Bonchev–Trinajstić information content (AvgIpc) is 2.07. The molecule has 5 heteroatoms. The van der Waals surface area contributed by atoms with E-state index < -0.39 is 5.97 Å². The molecule has 0 aromatic heterocycles. The molecule has 0 aliphatic rings. The maximum Gasteiger partial charge on any atom is 0.315 e. The lowest BCUT2D eigenvalue weighted by atomic mass is 10.1. The molecule has 0 aromatic carbocycles. The van der Waals surface area contributed by atoms with Crippen LogP contribution in [-0.2, 0) is 4.79 Å². The van der Waals surface area contributed by atoms with Crippen molar-refractivity contribution in [1.82, 2.24) is 10.6 Å². The first-order valence-electron chi connectivity index (χ1n) is 5.59. The second-order valence-corrected chi connectivity index (χ2v) is 4.84. The summed E-state index contributed by atoms with van der Waals surface area (Å²) in [5.41, 5.74) is -0.229. The van der Waals surface area contributed by atoms with Crippen molar-refractivity contribution in [3.63, 3.8) is 0 Å². The van der Waals surface area contributed by atoms with Gasteiger partial charge in [0.1, 0.15) is 0 Å². The molecular formula is C11H22N2O3. The van der Waals surface area contributed by atoms with E-state index in [0.29, 0.717) is 13.0 Å². The predicted octanol–water partition coefficient (Wildman–Crippen LogP) is 1.73. The lowest BCUT2D eigenvalue weighted by Gasteiger charge is -2.20. The first-order valence-corrected chi connectivity index (χ1v) is 5.59. The lowest BCUT2D eigenvalue weighted by Crippen LogP contribution is -2.46. The van der Waals surface area contributed by atoms with Crippen LogP contribution in [0.25, 0.3) is 0 Å². The highest BCUT2D eigenvalue weighted by Gasteiger charge is 2.12. The van der Waals surface area contributed by atoms with Gasteiger partial charge in [-0.2, -0.15) is 0 Å². The van der Waals surface area contributed by atoms with Gasteiger partial charge < -0.3 is 15.7 Å². The Kier molecular flexibility index (Phi) is 6.53. The molecule has 0 saturated heterocycles. The Bertz CT molecular complexity index is 234. The molecule has 3 N–H and O–H groups in total. The van der Waals surface area contributed by atoms with E-state index in [1.54, 1.807) is 0 Å². The van der Waals surface area contributed by atoms with Crippen LogP contribution in [0.5, 0.6) is 0 Å². The third kappa shape index (κ3) is 10.8. The van der Waals surface area contributed by atoms with E-state index in [0.717, 1.165) is 12.8 Å². The summed E-state index contributed by atoms with van der Waals surface area (Å²) in [6.45, 7) is 6.33. The maximum absolute atomic E-state index is 11.3. The minimum Gasteiger partial charge on any atom is -0.481 e. The van der Waals surface area contributed by atoms with Crippen LogP contribution in [0.15, 0.2) is 0 Å². The van der Waals surface area contributed by atoms with Crippen LogP contribution < -0.4 is 10.6 Å². The summed E-state index contributed by atoms with van der Waals surface area (Å²) in [5.74, 6) is -0.765. The molecule has 0 heterocycles. The number of hydrogen-bond donors (Lipinski definition) is 3. The highest BCUT2D eigenvalue weighted by atomic mass is 16.4. The van der Waals surface area contributed by atoms with Crippen LogP contribution in [0.1, 0.15) is 46.5 Å². The number of carbonyl (C=O) groups is 2. The van der Waals surface area contributed by atoms with Crippen molar-refractivity contribution in [1.29, 1.82) is 0 Å². The highest BCUT2D eigenvalue weighted by molar-refractivity contribution is 5.74. The second-order valence-electron chi connectivity index (χ2n) is 4.84. The van der Waals surface area contributed by atoms with Crippen molar-refractivity contribution in [2.75, 3.05) is 6.54 Å². The van der Waals surface area contributed by atoms with Crippen LogP contribution in [-0.4, -0.2) is 29.2 Å². The topological polar surface area (TPSA) is 78.4 Å². The van der Waals surface area contributed by atoms with Gasteiger partial charge in [-0.3, -0.25) is 4.79 Å². The average molecular weight is 230 g/mol. The first-order chi connectivity index (χ1) is 7.31. The number of amides is 2. The highest BCUT2D eigenvalue weighted by Crippen LogP contribution is 1.99. The number of hydrogen-bond acceptors (Lipinski definition) is 2. The summed E-state index contributed by atoms with van der Waals surface area (Å²) >= 11 is 0. The molecule has 0 aliphatic heterocycles. The summed E-state index contributed by atoms with van der Waals surface area (Å²) in [5, 5.41) is 13.9. The fourth-order valence-corrected chi connectivity index (χ4v) is 1.16. The van der Waals surface area contributed by atoms with E-state index in [1.165, 1.54) is 0 Å². The molecule has 0 atom stereocenters. The molecule has 0 aliphatic carbocycles. The zero-order chi connectivity index (χ0) is 12.6. The fraction of sp³-hybridized carbons (Fsp3) is 0.818. The van der Waals surface area contributed by atoms with E-state index >= 15 is 0 Å². The summed E-state index contributed by atoms with van der Waals surface area (Å²) in [4.78, 5) is 21.5. The molecule has 0 unspecified atom stereocenters. The van der Waals surface area contributed by atoms with Crippen molar-refractivity contribution in [2.24, 2.45) is 0 Å². The monoisotopic (exact) mass is 230 g/mol. The van der Waals surface area contributed by atoms with Crippen LogP contribution in [0, 0.1) is 0 Å². The molecule has 2 amide bonds. The van der Waals surface area contributed by atoms with Gasteiger partial charge in [-0.05, 0) is 33.6 Å². The molecule has 0 rings (SSSR count). The van der Waals surface area contributed by atoms with Gasteiger partial charge in [0.05, 0.1) is 0 Å². The molecule has 0 fully saturated rings. The van der Waals surface area contributed by atoms with Crippen molar-refractivity contribution in [3.05, 3.63) is 0 Å². The van der Waals surface area contributed by atoms with Gasteiger partial charge >= 0.3 is 12.0 Å². The number of carboxylic acids is 1. The van der Waals surface area contributed by atoms with Crippen LogP contribution in [0.3, 0.4) is 0 Å². The minimum absolute atomic E-state index is 0.175. The van der Waals surface area contributed by atoms with Crippen molar-refractivity contribution >= 4 is 12.0 Å². The fourth-order valence-electron chi connectivity index (χ4n) is 1.16. The summed E-state index contributed by atoms with van der Waals surface area (Å²) in [6, 6.07) is -0.175. The Morgan fingerprint density at radius 2 is 1.75 bits per heavy atom. The van der Waals surface area contributed by atoms with E-state index in [1.807, 2.05) is 20.8 Å². The molecule has 16 heavy (non-hydrogen) atoms. The number of unbranched alkanes of at least 4 members (excludes halogenated alkanes) is 2. The zero-order valence-corrected chi connectivity index (χ0v) is 10.3. The number of carboxylic acid groups (broad SMARTS) is 1. The van der Waals surface area contributed by atoms with Crippen LogP contribution in [0.2, 0.25) is 0 Å². The molecule has 94 valence electrons. The molecule has 0 aromatic rings. The first kappa shape index (κ1) is 14.7. The SMILES string of the molecule is CC(C)(C)NC(=O)NCCCCCC(=O)O. The van der Waals surface area contributed by atoms with E-state index in [4.69, 9.17) is 5.11 Å². The van der Waals surface area contributed by atoms with Crippen molar-refractivity contribution in [2.45, 2.75) is 52.0 Å².